The number of aliphatic hydroxyl groups excluding tert-OH is 1. The van der Waals surface area contributed by atoms with Crippen molar-refractivity contribution in [3.8, 4) is 0 Å². The smallest absolute Gasteiger partial charge is 0.0734 e. The van der Waals surface area contributed by atoms with Crippen LogP contribution in [-0.4, -0.2) is 86.1 Å². The van der Waals surface area contributed by atoms with Gasteiger partial charge in [0, 0.05) is 56.1 Å². The molecule has 27 heavy (non-hydrogen) atoms. The van der Waals surface area contributed by atoms with Gasteiger partial charge in [0.15, 0.2) is 0 Å². The van der Waals surface area contributed by atoms with Crippen molar-refractivity contribution in [2.24, 2.45) is 5.92 Å². The van der Waals surface area contributed by atoms with Crippen LogP contribution in [0.2, 0.25) is 5.02 Å². The Morgan fingerprint density at radius 1 is 1.07 bits per heavy atom. The topological polar surface area (TPSA) is 39.2 Å². The Morgan fingerprint density at radius 2 is 1.93 bits per heavy atom. The van der Waals surface area contributed by atoms with Gasteiger partial charge in [0.2, 0.25) is 0 Å². The lowest BCUT2D eigenvalue weighted by atomic mass is 10.1. The van der Waals surface area contributed by atoms with Gasteiger partial charge in [-0.3, -0.25) is 9.80 Å². The third-order valence-electron chi connectivity index (χ3n) is 6.47. The fourth-order valence-electron chi connectivity index (χ4n) is 4.95. The highest BCUT2D eigenvalue weighted by Gasteiger charge is 2.40. The molecule has 3 atom stereocenters. The average molecular weight is 394 g/mol. The van der Waals surface area contributed by atoms with Crippen molar-refractivity contribution in [1.29, 1.82) is 0 Å². The maximum Gasteiger partial charge on any atom is 0.0734 e. The summed E-state index contributed by atoms with van der Waals surface area (Å²) in [5, 5.41) is 10.3. The van der Waals surface area contributed by atoms with Gasteiger partial charge >= 0.3 is 0 Å². The van der Waals surface area contributed by atoms with Crippen LogP contribution in [0.25, 0.3) is 0 Å². The molecule has 150 valence electrons. The zero-order chi connectivity index (χ0) is 18.6. The van der Waals surface area contributed by atoms with Crippen LogP contribution in [0, 0.1) is 5.92 Å². The van der Waals surface area contributed by atoms with Crippen molar-refractivity contribution in [3.63, 3.8) is 0 Å². The molecule has 2 aliphatic heterocycles. The lowest BCUT2D eigenvalue weighted by Gasteiger charge is -2.39. The van der Waals surface area contributed by atoms with E-state index < -0.39 is 0 Å². The van der Waals surface area contributed by atoms with Crippen molar-refractivity contribution in [1.82, 2.24) is 9.80 Å². The molecule has 0 aromatic heterocycles. The Morgan fingerprint density at radius 3 is 2.70 bits per heavy atom. The van der Waals surface area contributed by atoms with Crippen LogP contribution < -0.4 is 4.90 Å². The number of hydrogen-bond acceptors (Lipinski definition) is 5. The SMILES string of the molecule is OC[C@H]1CC2OCCN(CCCN3CCN(c4cccc(Cl)c4)CC3)[C@H]2C1. The number of fused-ring (bicyclic) bond motifs is 1. The predicted octanol–water partition coefficient (Wildman–Crippen LogP) is 2.32. The van der Waals surface area contributed by atoms with Crippen LogP contribution in [-0.2, 0) is 4.74 Å². The standard InChI is InChI=1S/C21H32ClN3O2/c22-18-3-1-4-19(15-18)24-9-7-23(8-10-24)5-2-6-25-11-12-27-21-14-17(16-26)13-20(21)25/h1,3-4,15,17,20-21,26H,2,5-14,16H2/t17-,20+,21?/m1/s1. The lowest BCUT2D eigenvalue weighted by Crippen LogP contribution is -2.50. The molecule has 3 aliphatic rings. The minimum atomic E-state index is 0.307. The van der Waals surface area contributed by atoms with Gasteiger partial charge in [0.1, 0.15) is 0 Å². The zero-order valence-corrected chi connectivity index (χ0v) is 16.9. The number of halogens is 1. The number of rotatable bonds is 6. The molecule has 0 radical (unpaired) electrons. The summed E-state index contributed by atoms with van der Waals surface area (Å²) in [6.07, 6.45) is 3.68. The number of anilines is 1. The summed E-state index contributed by atoms with van der Waals surface area (Å²) in [5.74, 6) is 0.431. The zero-order valence-electron chi connectivity index (χ0n) is 16.1. The van der Waals surface area contributed by atoms with Crippen LogP contribution in [0.3, 0.4) is 0 Å². The summed E-state index contributed by atoms with van der Waals surface area (Å²) in [4.78, 5) is 7.64. The molecular weight excluding hydrogens is 362 g/mol. The molecular formula is C21H32ClN3O2. The molecule has 2 heterocycles. The first-order chi connectivity index (χ1) is 13.2. The summed E-state index contributed by atoms with van der Waals surface area (Å²) in [7, 11) is 0. The molecule has 0 bridgehead atoms. The number of ether oxygens (including phenoxy) is 1. The van der Waals surface area contributed by atoms with E-state index in [-0.39, 0.29) is 0 Å². The predicted molar refractivity (Wildman–Crippen MR) is 110 cm³/mol. The van der Waals surface area contributed by atoms with Crippen molar-refractivity contribution >= 4 is 17.3 Å². The first kappa shape index (κ1) is 19.5. The maximum absolute atomic E-state index is 9.47. The highest BCUT2D eigenvalue weighted by Crippen LogP contribution is 2.34. The minimum Gasteiger partial charge on any atom is -0.396 e. The second-order valence-corrected chi connectivity index (χ2v) is 8.63. The number of aliphatic hydroxyl groups is 1. The Bertz CT molecular complexity index is 609. The fourth-order valence-corrected chi connectivity index (χ4v) is 5.14. The third kappa shape index (κ3) is 4.77. The Hall–Kier alpha value is -0.850. The molecule has 0 spiro atoms. The van der Waals surface area contributed by atoms with E-state index in [9.17, 15) is 5.11 Å². The summed E-state index contributed by atoms with van der Waals surface area (Å²) < 4.78 is 5.94. The first-order valence-electron chi connectivity index (χ1n) is 10.4. The molecule has 1 aromatic rings. The van der Waals surface area contributed by atoms with E-state index in [1.165, 1.54) is 18.7 Å². The van der Waals surface area contributed by atoms with Gasteiger partial charge in [0.05, 0.1) is 12.7 Å². The highest BCUT2D eigenvalue weighted by molar-refractivity contribution is 6.30. The van der Waals surface area contributed by atoms with Crippen LogP contribution >= 0.6 is 11.6 Å². The molecule has 1 N–H and O–H groups in total. The van der Waals surface area contributed by atoms with Crippen LogP contribution in [0.1, 0.15) is 19.3 Å². The van der Waals surface area contributed by atoms with E-state index in [1.807, 2.05) is 12.1 Å². The minimum absolute atomic E-state index is 0.307. The quantitative estimate of drug-likeness (QED) is 0.803. The van der Waals surface area contributed by atoms with Gasteiger partial charge in [-0.1, -0.05) is 17.7 Å². The highest BCUT2D eigenvalue weighted by atomic mass is 35.5. The molecule has 1 aromatic carbocycles. The normalized spacial score (nSPS) is 29.9. The third-order valence-corrected chi connectivity index (χ3v) is 6.71. The molecule has 2 saturated heterocycles. The van der Waals surface area contributed by atoms with E-state index in [1.54, 1.807) is 0 Å². The van der Waals surface area contributed by atoms with Gasteiger partial charge in [-0.2, -0.15) is 0 Å². The summed E-state index contributed by atoms with van der Waals surface area (Å²) >= 11 is 6.13. The molecule has 1 aliphatic carbocycles. The summed E-state index contributed by atoms with van der Waals surface area (Å²) in [5.41, 5.74) is 1.24. The van der Waals surface area contributed by atoms with E-state index in [0.717, 1.165) is 63.7 Å². The van der Waals surface area contributed by atoms with E-state index >= 15 is 0 Å². The monoisotopic (exact) mass is 393 g/mol. The van der Waals surface area contributed by atoms with Crippen molar-refractivity contribution in [2.45, 2.75) is 31.4 Å². The number of morpholine rings is 1. The van der Waals surface area contributed by atoms with Gasteiger partial charge < -0.3 is 14.7 Å². The largest absolute Gasteiger partial charge is 0.396 e. The Kier molecular flexibility index (Phi) is 6.56. The molecule has 1 saturated carbocycles. The molecule has 3 fully saturated rings. The number of piperazine rings is 1. The molecule has 4 rings (SSSR count). The number of benzene rings is 1. The first-order valence-corrected chi connectivity index (χ1v) is 10.8. The van der Waals surface area contributed by atoms with Crippen LogP contribution in [0.4, 0.5) is 5.69 Å². The van der Waals surface area contributed by atoms with E-state index in [2.05, 4.69) is 26.8 Å². The van der Waals surface area contributed by atoms with E-state index in [4.69, 9.17) is 16.3 Å². The summed E-state index contributed by atoms with van der Waals surface area (Å²) in [6.45, 7) is 8.89. The van der Waals surface area contributed by atoms with Gasteiger partial charge in [-0.05, 0) is 56.5 Å². The van der Waals surface area contributed by atoms with Crippen LogP contribution in [0.5, 0.6) is 0 Å². The Balaban J connectivity index is 1.19. The van der Waals surface area contributed by atoms with Crippen molar-refractivity contribution < 1.29 is 9.84 Å². The molecule has 5 nitrogen and oxygen atoms in total. The number of hydrogen-bond donors (Lipinski definition) is 1. The average Bonchev–Trinajstić information content (AvgIpc) is 3.13. The molecule has 6 heteroatoms. The van der Waals surface area contributed by atoms with E-state index in [0.29, 0.717) is 24.7 Å². The molecule has 1 unspecified atom stereocenters. The fraction of sp³-hybridized carbons (Fsp3) is 0.714. The molecule has 0 amide bonds. The van der Waals surface area contributed by atoms with Gasteiger partial charge in [0.25, 0.3) is 0 Å². The van der Waals surface area contributed by atoms with Gasteiger partial charge in [-0.15, -0.1) is 0 Å². The second kappa shape index (κ2) is 9.10. The maximum atomic E-state index is 9.47. The number of nitrogens with zero attached hydrogens (tertiary/aromatic N) is 3. The van der Waals surface area contributed by atoms with Gasteiger partial charge in [-0.25, -0.2) is 0 Å². The Labute approximate surface area is 167 Å². The van der Waals surface area contributed by atoms with Crippen LogP contribution in [0.15, 0.2) is 24.3 Å². The van der Waals surface area contributed by atoms with Crippen molar-refractivity contribution in [2.75, 3.05) is 63.9 Å². The summed E-state index contributed by atoms with van der Waals surface area (Å²) in [6, 6.07) is 8.70. The lowest BCUT2D eigenvalue weighted by molar-refractivity contribution is -0.0565. The van der Waals surface area contributed by atoms with Crippen molar-refractivity contribution in [3.05, 3.63) is 29.3 Å². The second-order valence-electron chi connectivity index (χ2n) is 8.19.